The van der Waals surface area contributed by atoms with Crippen molar-refractivity contribution in [2.75, 3.05) is 7.11 Å². The van der Waals surface area contributed by atoms with Crippen molar-refractivity contribution in [1.29, 1.82) is 0 Å². The molecule has 7 heteroatoms. The summed E-state index contributed by atoms with van der Waals surface area (Å²) in [5.41, 5.74) is 2.97. The summed E-state index contributed by atoms with van der Waals surface area (Å²) in [4.78, 5) is 17.1. The monoisotopic (exact) mass is 338 g/mol. The Labute approximate surface area is 144 Å². The van der Waals surface area contributed by atoms with Gasteiger partial charge in [0.15, 0.2) is 0 Å². The Morgan fingerprint density at radius 2 is 2.20 bits per heavy atom. The maximum atomic E-state index is 12.5. The standard InChI is InChI=1S/C18H18N4O3/c1-24-15-10-14(25-21-15)18(23)20-13-8-5-9-22-11-19-16(17(13)22)12-6-3-2-4-7-12/h2-4,6-7,10-11,13H,5,8-9H2,1H3,(H,20,23). The number of aromatic nitrogens is 3. The van der Waals surface area contributed by atoms with Gasteiger partial charge in [-0.25, -0.2) is 4.98 Å². The van der Waals surface area contributed by atoms with Gasteiger partial charge in [-0.2, -0.15) is 0 Å². The number of rotatable bonds is 4. The lowest BCUT2D eigenvalue weighted by molar-refractivity contribution is 0.0891. The quantitative estimate of drug-likeness (QED) is 0.791. The first-order valence-electron chi connectivity index (χ1n) is 8.18. The number of carbonyl (C=O) groups excluding carboxylic acids is 1. The van der Waals surface area contributed by atoms with Crippen LogP contribution >= 0.6 is 0 Å². The average molecular weight is 338 g/mol. The van der Waals surface area contributed by atoms with Crippen LogP contribution in [-0.2, 0) is 6.54 Å². The number of hydrogen-bond acceptors (Lipinski definition) is 5. The fourth-order valence-corrected chi connectivity index (χ4v) is 3.19. The third-order valence-electron chi connectivity index (χ3n) is 4.37. The summed E-state index contributed by atoms with van der Waals surface area (Å²) in [6.07, 6.45) is 3.66. The van der Waals surface area contributed by atoms with Crippen LogP contribution in [0, 0.1) is 0 Å². The summed E-state index contributed by atoms with van der Waals surface area (Å²) in [5.74, 6) is 0.105. The molecule has 0 radical (unpaired) electrons. The minimum atomic E-state index is -0.311. The Morgan fingerprint density at radius 1 is 1.36 bits per heavy atom. The second-order valence-corrected chi connectivity index (χ2v) is 5.94. The Hall–Kier alpha value is -3.09. The summed E-state index contributed by atoms with van der Waals surface area (Å²) in [7, 11) is 1.48. The van der Waals surface area contributed by atoms with Crippen molar-refractivity contribution in [3.8, 4) is 17.1 Å². The number of nitrogens with one attached hydrogen (secondary N) is 1. The molecule has 0 fully saturated rings. The lowest BCUT2D eigenvalue weighted by Crippen LogP contribution is -2.32. The molecule has 1 atom stereocenters. The van der Waals surface area contributed by atoms with Crippen molar-refractivity contribution in [3.63, 3.8) is 0 Å². The Kier molecular flexibility index (Phi) is 3.97. The molecule has 0 saturated heterocycles. The number of imidazole rings is 1. The molecule has 1 aromatic carbocycles. The summed E-state index contributed by atoms with van der Waals surface area (Å²) in [6, 6.07) is 11.3. The molecule has 1 N–H and O–H groups in total. The number of benzene rings is 1. The van der Waals surface area contributed by atoms with Crippen LogP contribution in [-0.4, -0.2) is 27.7 Å². The van der Waals surface area contributed by atoms with Gasteiger partial charge < -0.3 is 19.1 Å². The number of aryl methyl sites for hydroxylation is 1. The smallest absolute Gasteiger partial charge is 0.290 e. The van der Waals surface area contributed by atoms with Gasteiger partial charge in [0.25, 0.3) is 11.8 Å². The molecule has 7 nitrogen and oxygen atoms in total. The van der Waals surface area contributed by atoms with Crippen molar-refractivity contribution in [1.82, 2.24) is 20.0 Å². The van der Waals surface area contributed by atoms with Crippen molar-refractivity contribution in [3.05, 3.63) is 54.2 Å². The maximum Gasteiger partial charge on any atom is 0.290 e. The summed E-state index contributed by atoms with van der Waals surface area (Å²) in [6.45, 7) is 0.900. The number of hydrogen-bond donors (Lipinski definition) is 1. The summed E-state index contributed by atoms with van der Waals surface area (Å²) >= 11 is 0. The number of carbonyl (C=O) groups is 1. The third kappa shape index (κ3) is 2.88. The molecule has 1 aliphatic rings. The van der Waals surface area contributed by atoms with E-state index in [1.54, 1.807) is 0 Å². The van der Waals surface area contributed by atoms with E-state index in [1.807, 2.05) is 36.7 Å². The predicted octanol–water partition coefficient (Wildman–Crippen LogP) is 2.81. The van der Waals surface area contributed by atoms with Crippen LogP contribution < -0.4 is 10.1 Å². The van der Waals surface area contributed by atoms with E-state index in [1.165, 1.54) is 13.2 Å². The highest BCUT2D eigenvalue weighted by molar-refractivity contribution is 5.92. The molecule has 0 spiro atoms. The second kappa shape index (κ2) is 6.43. The van der Waals surface area contributed by atoms with E-state index in [2.05, 4.69) is 20.0 Å². The molecular weight excluding hydrogens is 320 g/mol. The molecule has 2 aromatic heterocycles. The van der Waals surface area contributed by atoms with Gasteiger partial charge in [0.05, 0.1) is 36.9 Å². The predicted molar refractivity (Wildman–Crippen MR) is 90.2 cm³/mol. The highest BCUT2D eigenvalue weighted by Crippen LogP contribution is 2.33. The van der Waals surface area contributed by atoms with Crippen LogP contribution in [0.5, 0.6) is 5.88 Å². The average Bonchev–Trinajstić information content (AvgIpc) is 3.30. The molecule has 25 heavy (non-hydrogen) atoms. The van der Waals surface area contributed by atoms with Crippen LogP contribution in [0.15, 0.2) is 47.2 Å². The zero-order chi connectivity index (χ0) is 17.2. The highest BCUT2D eigenvalue weighted by atomic mass is 16.5. The Bertz CT molecular complexity index is 885. The van der Waals surface area contributed by atoms with E-state index < -0.39 is 0 Å². The van der Waals surface area contributed by atoms with Gasteiger partial charge >= 0.3 is 0 Å². The van der Waals surface area contributed by atoms with Gasteiger partial charge in [0, 0.05) is 12.1 Å². The van der Waals surface area contributed by atoms with Crippen molar-refractivity contribution in [2.24, 2.45) is 0 Å². The lowest BCUT2D eigenvalue weighted by atomic mass is 9.99. The molecule has 0 saturated carbocycles. The molecule has 128 valence electrons. The minimum Gasteiger partial charge on any atom is -0.479 e. The molecule has 1 amide bonds. The molecule has 0 aliphatic carbocycles. The fourth-order valence-electron chi connectivity index (χ4n) is 3.19. The van der Waals surface area contributed by atoms with E-state index in [0.29, 0.717) is 0 Å². The summed E-state index contributed by atoms with van der Waals surface area (Å²) in [5, 5.41) is 6.71. The first kappa shape index (κ1) is 15.4. The Morgan fingerprint density at radius 3 is 2.96 bits per heavy atom. The zero-order valence-corrected chi connectivity index (χ0v) is 13.8. The van der Waals surface area contributed by atoms with Crippen LogP contribution in [0.1, 0.15) is 35.1 Å². The molecular formula is C18H18N4O3. The van der Waals surface area contributed by atoms with Gasteiger partial charge in [-0.15, -0.1) is 0 Å². The molecule has 3 heterocycles. The molecule has 4 rings (SSSR count). The number of nitrogens with zero attached hydrogens (tertiary/aromatic N) is 3. The number of methoxy groups -OCH3 is 1. The Balaban J connectivity index is 1.63. The minimum absolute atomic E-state index is 0.130. The SMILES string of the molecule is COc1cc(C(=O)NC2CCCn3cnc(-c4ccccc4)c32)on1. The van der Waals surface area contributed by atoms with Gasteiger partial charge in [0.2, 0.25) is 5.76 Å². The number of fused-ring (bicyclic) bond motifs is 1. The third-order valence-corrected chi connectivity index (χ3v) is 4.37. The van der Waals surface area contributed by atoms with Gasteiger partial charge in [-0.1, -0.05) is 30.3 Å². The normalized spacial score (nSPS) is 16.3. The van der Waals surface area contributed by atoms with E-state index in [4.69, 9.17) is 9.26 Å². The van der Waals surface area contributed by atoms with Gasteiger partial charge in [0.1, 0.15) is 0 Å². The zero-order valence-electron chi connectivity index (χ0n) is 13.8. The van der Waals surface area contributed by atoms with Crippen molar-refractivity contribution >= 4 is 5.91 Å². The van der Waals surface area contributed by atoms with Gasteiger partial charge in [-0.3, -0.25) is 4.79 Å². The molecule has 0 bridgehead atoms. The lowest BCUT2D eigenvalue weighted by Gasteiger charge is -2.26. The highest BCUT2D eigenvalue weighted by Gasteiger charge is 2.28. The van der Waals surface area contributed by atoms with Gasteiger partial charge in [-0.05, 0) is 18.0 Å². The van der Waals surface area contributed by atoms with Crippen LogP contribution in [0.25, 0.3) is 11.3 Å². The first-order valence-corrected chi connectivity index (χ1v) is 8.18. The molecule has 1 aliphatic heterocycles. The first-order chi connectivity index (χ1) is 12.3. The topological polar surface area (TPSA) is 82.2 Å². The van der Waals surface area contributed by atoms with Crippen molar-refractivity contribution in [2.45, 2.75) is 25.4 Å². The van der Waals surface area contributed by atoms with Crippen LogP contribution in [0.3, 0.4) is 0 Å². The maximum absolute atomic E-state index is 12.5. The number of amides is 1. The summed E-state index contributed by atoms with van der Waals surface area (Å²) < 4.78 is 12.1. The largest absolute Gasteiger partial charge is 0.479 e. The molecule has 3 aromatic rings. The van der Waals surface area contributed by atoms with Crippen LogP contribution in [0.4, 0.5) is 0 Å². The van der Waals surface area contributed by atoms with E-state index in [-0.39, 0.29) is 23.6 Å². The van der Waals surface area contributed by atoms with E-state index in [9.17, 15) is 4.79 Å². The van der Waals surface area contributed by atoms with E-state index in [0.717, 1.165) is 36.3 Å². The fraction of sp³-hybridized carbons (Fsp3) is 0.278. The van der Waals surface area contributed by atoms with E-state index >= 15 is 0 Å². The second-order valence-electron chi connectivity index (χ2n) is 5.94. The van der Waals surface area contributed by atoms with Crippen molar-refractivity contribution < 1.29 is 14.1 Å². The van der Waals surface area contributed by atoms with Crippen LogP contribution in [0.2, 0.25) is 0 Å². The number of ether oxygens (including phenoxy) is 1. The molecule has 1 unspecified atom stereocenters.